The zero-order valence-corrected chi connectivity index (χ0v) is 23.2. The molecule has 1 aromatic heterocycles. The molecule has 0 spiro atoms. The molecule has 6 aromatic carbocycles. The molecular formula is C39H30N2. The molecular weight excluding hydrogens is 496 g/mol. The highest BCUT2D eigenvalue weighted by Gasteiger charge is 2.35. The van der Waals surface area contributed by atoms with Gasteiger partial charge in [0.1, 0.15) is 0 Å². The smallest absolute Gasteiger partial charge is 0.0547 e. The molecule has 196 valence electrons. The van der Waals surface area contributed by atoms with Crippen molar-refractivity contribution in [3.05, 3.63) is 151 Å². The average Bonchev–Trinajstić information content (AvgIpc) is 3.46. The minimum Gasteiger partial charge on any atom is -0.355 e. The van der Waals surface area contributed by atoms with Crippen LogP contribution in [0.2, 0.25) is 0 Å². The lowest BCUT2D eigenvalue weighted by Gasteiger charge is -2.21. The number of anilines is 2. The van der Waals surface area contributed by atoms with E-state index in [2.05, 4.69) is 163 Å². The molecule has 1 heterocycles. The maximum atomic E-state index is 3.69. The van der Waals surface area contributed by atoms with Crippen molar-refractivity contribution < 1.29 is 0 Å². The molecule has 0 unspecified atom stereocenters. The standard InChI is InChI=1S/C39H30N2/c1-39(2)35-17-8-6-15-31(35)34-25-29(20-22-36(34)39)40-28-12-10-11-26(23-28)27-19-21-33-32-16-7-9-18-37(32)41(38(33)24-27)30-13-4-3-5-14-30/h3-25,40H,1-2H3. The van der Waals surface area contributed by atoms with Crippen LogP contribution in [0.15, 0.2) is 140 Å². The van der Waals surface area contributed by atoms with Crippen molar-refractivity contribution in [1.29, 1.82) is 0 Å². The third-order valence-corrected chi connectivity index (χ3v) is 8.76. The predicted molar refractivity (Wildman–Crippen MR) is 174 cm³/mol. The van der Waals surface area contributed by atoms with Crippen LogP contribution in [0.3, 0.4) is 0 Å². The Hall–Kier alpha value is -5.08. The summed E-state index contributed by atoms with van der Waals surface area (Å²) in [7, 11) is 0. The van der Waals surface area contributed by atoms with Crippen LogP contribution in [0.25, 0.3) is 49.7 Å². The molecule has 2 heteroatoms. The Morgan fingerprint density at radius 2 is 1.20 bits per heavy atom. The Bertz CT molecular complexity index is 2100. The van der Waals surface area contributed by atoms with Gasteiger partial charge in [-0.25, -0.2) is 0 Å². The van der Waals surface area contributed by atoms with Gasteiger partial charge in [0.15, 0.2) is 0 Å². The van der Waals surface area contributed by atoms with Crippen LogP contribution in [0.5, 0.6) is 0 Å². The van der Waals surface area contributed by atoms with Crippen LogP contribution in [-0.4, -0.2) is 4.57 Å². The molecule has 0 radical (unpaired) electrons. The summed E-state index contributed by atoms with van der Waals surface area (Å²) in [6.07, 6.45) is 0. The quantitative estimate of drug-likeness (QED) is 0.241. The fourth-order valence-electron chi connectivity index (χ4n) is 6.75. The molecule has 0 bridgehead atoms. The molecule has 0 aliphatic heterocycles. The number of nitrogens with zero attached hydrogens (tertiary/aromatic N) is 1. The average molecular weight is 527 g/mol. The van der Waals surface area contributed by atoms with Crippen LogP contribution in [-0.2, 0) is 5.41 Å². The van der Waals surface area contributed by atoms with Crippen LogP contribution in [0, 0.1) is 0 Å². The summed E-state index contributed by atoms with van der Waals surface area (Å²) >= 11 is 0. The van der Waals surface area contributed by atoms with Crippen LogP contribution in [0.4, 0.5) is 11.4 Å². The van der Waals surface area contributed by atoms with Crippen molar-refractivity contribution in [1.82, 2.24) is 4.57 Å². The molecule has 7 aromatic rings. The molecule has 8 rings (SSSR count). The van der Waals surface area contributed by atoms with Gasteiger partial charge in [0, 0.05) is 33.2 Å². The van der Waals surface area contributed by atoms with Crippen molar-refractivity contribution in [2.24, 2.45) is 0 Å². The van der Waals surface area contributed by atoms with Crippen molar-refractivity contribution >= 4 is 33.2 Å². The summed E-state index contributed by atoms with van der Waals surface area (Å²) in [4.78, 5) is 0. The second-order valence-electron chi connectivity index (χ2n) is 11.6. The fourth-order valence-corrected chi connectivity index (χ4v) is 6.75. The maximum Gasteiger partial charge on any atom is 0.0547 e. The van der Waals surface area contributed by atoms with E-state index in [0.29, 0.717) is 0 Å². The zero-order valence-electron chi connectivity index (χ0n) is 23.2. The maximum absolute atomic E-state index is 3.69. The number of hydrogen-bond acceptors (Lipinski definition) is 1. The first kappa shape index (κ1) is 23.8. The second-order valence-corrected chi connectivity index (χ2v) is 11.6. The Balaban J connectivity index is 1.19. The first-order chi connectivity index (χ1) is 20.1. The third kappa shape index (κ3) is 3.72. The normalized spacial score (nSPS) is 13.3. The van der Waals surface area contributed by atoms with Gasteiger partial charge in [0.25, 0.3) is 0 Å². The molecule has 2 nitrogen and oxygen atoms in total. The predicted octanol–water partition coefficient (Wildman–Crippen LogP) is 10.5. The van der Waals surface area contributed by atoms with Gasteiger partial charge in [0.2, 0.25) is 0 Å². The summed E-state index contributed by atoms with van der Waals surface area (Å²) in [5.74, 6) is 0. The van der Waals surface area contributed by atoms with Crippen LogP contribution >= 0.6 is 0 Å². The number of benzene rings is 6. The van der Waals surface area contributed by atoms with E-state index in [-0.39, 0.29) is 5.41 Å². The molecule has 41 heavy (non-hydrogen) atoms. The highest BCUT2D eigenvalue weighted by atomic mass is 15.0. The van der Waals surface area contributed by atoms with E-state index in [1.165, 1.54) is 60.9 Å². The molecule has 1 N–H and O–H groups in total. The summed E-state index contributed by atoms with van der Waals surface area (Å²) < 4.78 is 2.38. The summed E-state index contributed by atoms with van der Waals surface area (Å²) in [5, 5.41) is 6.23. The van der Waals surface area contributed by atoms with E-state index in [1.807, 2.05) is 0 Å². The number of fused-ring (bicyclic) bond motifs is 6. The van der Waals surface area contributed by atoms with Crippen molar-refractivity contribution in [2.45, 2.75) is 19.3 Å². The van der Waals surface area contributed by atoms with Gasteiger partial charge in [-0.2, -0.15) is 0 Å². The molecule has 1 aliphatic carbocycles. The van der Waals surface area contributed by atoms with E-state index >= 15 is 0 Å². The van der Waals surface area contributed by atoms with E-state index < -0.39 is 0 Å². The van der Waals surface area contributed by atoms with Gasteiger partial charge >= 0.3 is 0 Å². The van der Waals surface area contributed by atoms with E-state index in [0.717, 1.165) is 11.4 Å². The Morgan fingerprint density at radius 1 is 0.488 bits per heavy atom. The number of rotatable bonds is 4. The molecule has 0 saturated heterocycles. The van der Waals surface area contributed by atoms with Gasteiger partial charge in [-0.15, -0.1) is 0 Å². The van der Waals surface area contributed by atoms with Crippen molar-refractivity contribution in [3.63, 3.8) is 0 Å². The fraction of sp³-hybridized carbons (Fsp3) is 0.0769. The van der Waals surface area contributed by atoms with Crippen LogP contribution in [0.1, 0.15) is 25.0 Å². The highest BCUT2D eigenvalue weighted by Crippen LogP contribution is 2.49. The molecule has 0 saturated carbocycles. The van der Waals surface area contributed by atoms with Gasteiger partial charge in [-0.05, 0) is 81.9 Å². The van der Waals surface area contributed by atoms with Gasteiger partial charge in [-0.1, -0.05) is 105 Å². The van der Waals surface area contributed by atoms with Gasteiger partial charge in [0.05, 0.1) is 11.0 Å². The Kier molecular flexibility index (Phi) is 5.20. The SMILES string of the molecule is CC1(C)c2ccccc2-c2cc(Nc3cccc(-c4ccc5c6ccccc6n(-c6ccccc6)c5c4)c3)ccc21. The lowest BCUT2D eigenvalue weighted by molar-refractivity contribution is 0.660. The lowest BCUT2D eigenvalue weighted by Crippen LogP contribution is -2.14. The van der Waals surface area contributed by atoms with Crippen molar-refractivity contribution in [2.75, 3.05) is 5.32 Å². The monoisotopic (exact) mass is 526 g/mol. The van der Waals surface area contributed by atoms with E-state index in [1.54, 1.807) is 0 Å². The zero-order chi connectivity index (χ0) is 27.6. The largest absolute Gasteiger partial charge is 0.355 e. The van der Waals surface area contributed by atoms with E-state index in [9.17, 15) is 0 Å². The number of hydrogen-bond donors (Lipinski definition) is 1. The topological polar surface area (TPSA) is 17.0 Å². The Labute approximate surface area is 240 Å². The van der Waals surface area contributed by atoms with E-state index in [4.69, 9.17) is 0 Å². The molecule has 1 aliphatic rings. The van der Waals surface area contributed by atoms with Crippen LogP contribution < -0.4 is 5.32 Å². The first-order valence-corrected chi connectivity index (χ1v) is 14.3. The minimum absolute atomic E-state index is 0.0191. The summed E-state index contributed by atoms with van der Waals surface area (Å²) in [6, 6.07) is 50.5. The number of nitrogens with one attached hydrogen (secondary N) is 1. The minimum atomic E-state index is 0.0191. The summed E-state index contributed by atoms with van der Waals surface area (Å²) in [6.45, 7) is 4.64. The van der Waals surface area contributed by atoms with Crippen molar-refractivity contribution in [3.8, 4) is 27.9 Å². The Morgan fingerprint density at radius 3 is 2.10 bits per heavy atom. The number of para-hydroxylation sites is 2. The molecule has 0 fully saturated rings. The van der Waals surface area contributed by atoms with Gasteiger partial charge in [-0.3, -0.25) is 0 Å². The second kappa shape index (κ2) is 8.97. The first-order valence-electron chi connectivity index (χ1n) is 14.3. The molecule has 0 atom stereocenters. The summed E-state index contributed by atoms with van der Waals surface area (Å²) in [5.41, 5.74) is 13.7. The lowest BCUT2D eigenvalue weighted by atomic mass is 9.82. The third-order valence-electron chi connectivity index (χ3n) is 8.76. The number of aromatic nitrogens is 1. The van der Waals surface area contributed by atoms with Gasteiger partial charge < -0.3 is 9.88 Å². The molecule has 0 amide bonds. The highest BCUT2D eigenvalue weighted by molar-refractivity contribution is 6.10.